The van der Waals surface area contributed by atoms with Crippen LogP contribution in [0.3, 0.4) is 0 Å². The van der Waals surface area contributed by atoms with Gasteiger partial charge in [-0.15, -0.1) is 0 Å². The fourth-order valence-corrected chi connectivity index (χ4v) is 3.14. The number of aromatic nitrogens is 4. The third kappa shape index (κ3) is 3.63. The van der Waals surface area contributed by atoms with Gasteiger partial charge in [-0.25, -0.2) is 9.78 Å². The van der Waals surface area contributed by atoms with Crippen molar-refractivity contribution < 1.29 is 4.79 Å². The van der Waals surface area contributed by atoms with Crippen molar-refractivity contribution >= 4 is 46.0 Å². The lowest BCUT2D eigenvalue weighted by molar-refractivity contribution is -0.116. The Hall–Kier alpha value is -2.58. The summed E-state index contributed by atoms with van der Waals surface area (Å²) in [5, 5.41) is 3.37. The van der Waals surface area contributed by atoms with E-state index in [2.05, 4.69) is 10.3 Å². The van der Waals surface area contributed by atoms with Gasteiger partial charge < -0.3 is 9.88 Å². The molecule has 2 heterocycles. The number of aryl methyl sites for hydroxylation is 2. The Kier molecular flexibility index (Phi) is 5.38. The molecule has 8 nitrogen and oxygen atoms in total. The lowest BCUT2D eigenvalue weighted by Crippen LogP contribution is -2.37. The van der Waals surface area contributed by atoms with Crippen molar-refractivity contribution in [3.05, 3.63) is 55.4 Å². The average Bonchev–Trinajstić information content (AvgIpc) is 3.06. The van der Waals surface area contributed by atoms with Crippen molar-refractivity contribution in [1.29, 1.82) is 0 Å². The summed E-state index contributed by atoms with van der Waals surface area (Å²) in [5.74, 6) is -0.219. The number of rotatable bonds is 5. The third-order valence-electron chi connectivity index (χ3n) is 4.25. The second-order valence-corrected chi connectivity index (χ2v) is 6.85. The number of hydrogen-bond acceptors (Lipinski definition) is 4. The molecule has 27 heavy (non-hydrogen) atoms. The van der Waals surface area contributed by atoms with E-state index in [4.69, 9.17) is 23.2 Å². The van der Waals surface area contributed by atoms with Gasteiger partial charge in [-0.1, -0.05) is 29.3 Å². The average molecular weight is 410 g/mol. The van der Waals surface area contributed by atoms with Crippen LogP contribution in [0.5, 0.6) is 0 Å². The van der Waals surface area contributed by atoms with Crippen LogP contribution in [0.2, 0.25) is 10.0 Å². The largest absolute Gasteiger partial charge is 0.332 e. The minimum atomic E-state index is -0.435. The van der Waals surface area contributed by atoms with Crippen molar-refractivity contribution in [2.45, 2.75) is 19.4 Å². The first-order valence-corrected chi connectivity index (χ1v) is 8.91. The van der Waals surface area contributed by atoms with E-state index in [1.54, 1.807) is 29.8 Å². The van der Waals surface area contributed by atoms with E-state index in [0.29, 0.717) is 34.8 Å². The van der Waals surface area contributed by atoms with E-state index in [-0.39, 0.29) is 17.4 Å². The van der Waals surface area contributed by atoms with Crippen LogP contribution in [0.15, 0.2) is 34.1 Å². The highest BCUT2D eigenvalue weighted by molar-refractivity contribution is 6.43. The molecule has 0 unspecified atom stereocenters. The normalized spacial score (nSPS) is 11.1. The van der Waals surface area contributed by atoms with Crippen LogP contribution in [0.1, 0.15) is 12.8 Å². The monoisotopic (exact) mass is 409 g/mol. The second kappa shape index (κ2) is 7.58. The van der Waals surface area contributed by atoms with Crippen LogP contribution in [0.4, 0.5) is 5.69 Å². The topological polar surface area (TPSA) is 90.9 Å². The summed E-state index contributed by atoms with van der Waals surface area (Å²) in [5.41, 5.74) is 0.249. The number of carbonyl (C=O) groups is 1. The molecule has 1 amide bonds. The molecule has 0 radical (unpaired) electrons. The van der Waals surface area contributed by atoms with E-state index in [0.717, 1.165) is 4.57 Å². The maximum atomic E-state index is 12.4. The molecule has 2 aromatic heterocycles. The molecule has 3 aromatic rings. The Labute approximate surface area is 163 Å². The zero-order chi connectivity index (χ0) is 19.7. The van der Waals surface area contributed by atoms with E-state index >= 15 is 0 Å². The number of fused-ring (bicyclic) bond motifs is 1. The molecule has 0 fully saturated rings. The van der Waals surface area contributed by atoms with E-state index in [9.17, 15) is 14.4 Å². The lowest BCUT2D eigenvalue weighted by atomic mass is 10.2. The summed E-state index contributed by atoms with van der Waals surface area (Å²) < 4.78 is 4.01. The maximum absolute atomic E-state index is 12.4. The molecule has 0 aliphatic rings. The molecular weight excluding hydrogens is 393 g/mol. The SMILES string of the molecule is Cn1c(=O)c2c(ncn2CCCC(=O)Nc2cccc(Cl)c2Cl)n(C)c1=O. The highest BCUT2D eigenvalue weighted by atomic mass is 35.5. The van der Waals surface area contributed by atoms with Crippen molar-refractivity contribution in [2.75, 3.05) is 5.32 Å². The minimum absolute atomic E-state index is 0.217. The molecule has 0 aliphatic carbocycles. The van der Waals surface area contributed by atoms with E-state index in [1.807, 2.05) is 0 Å². The van der Waals surface area contributed by atoms with E-state index < -0.39 is 11.2 Å². The predicted molar refractivity (Wildman–Crippen MR) is 105 cm³/mol. The maximum Gasteiger partial charge on any atom is 0.332 e. The van der Waals surface area contributed by atoms with Gasteiger partial charge in [0, 0.05) is 27.1 Å². The van der Waals surface area contributed by atoms with Gasteiger partial charge in [0.15, 0.2) is 11.2 Å². The first kappa shape index (κ1) is 19.2. The predicted octanol–water partition coefficient (Wildman–Crippen LogP) is 2.16. The van der Waals surface area contributed by atoms with Gasteiger partial charge in [0.2, 0.25) is 5.91 Å². The van der Waals surface area contributed by atoms with Gasteiger partial charge in [0.25, 0.3) is 5.56 Å². The van der Waals surface area contributed by atoms with Gasteiger partial charge in [-0.2, -0.15) is 0 Å². The zero-order valence-corrected chi connectivity index (χ0v) is 16.2. The van der Waals surface area contributed by atoms with Crippen LogP contribution >= 0.6 is 23.2 Å². The fourth-order valence-electron chi connectivity index (χ4n) is 2.79. The number of hydrogen-bond donors (Lipinski definition) is 1. The minimum Gasteiger partial charge on any atom is -0.325 e. The summed E-state index contributed by atoms with van der Waals surface area (Å²) >= 11 is 12.0. The molecule has 142 valence electrons. The highest BCUT2D eigenvalue weighted by Gasteiger charge is 2.14. The van der Waals surface area contributed by atoms with Gasteiger partial charge in [0.1, 0.15) is 0 Å². The lowest BCUT2D eigenvalue weighted by Gasteiger charge is -2.09. The molecule has 0 aliphatic heterocycles. The molecule has 0 spiro atoms. The Morgan fingerprint density at radius 2 is 1.93 bits per heavy atom. The number of benzene rings is 1. The van der Waals surface area contributed by atoms with Crippen LogP contribution in [-0.2, 0) is 25.4 Å². The van der Waals surface area contributed by atoms with Gasteiger partial charge in [-0.05, 0) is 18.6 Å². The highest BCUT2D eigenvalue weighted by Crippen LogP contribution is 2.29. The Morgan fingerprint density at radius 1 is 1.19 bits per heavy atom. The fraction of sp³-hybridized carbons (Fsp3) is 0.294. The molecule has 0 atom stereocenters. The number of imidazole rings is 1. The summed E-state index contributed by atoms with van der Waals surface area (Å²) in [6, 6.07) is 5.00. The standard InChI is InChI=1S/C17H17Cl2N5O3/c1-22-15-14(16(26)23(2)17(22)27)24(9-20-15)8-4-7-12(25)21-11-6-3-5-10(18)13(11)19/h3,5-6,9H,4,7-8H2,1-2H3,(H,21,25). The molecule has 0 saturated heterocycles. The van der Waals surface area contributed by atoms with Crippen LogP contribution in [0.25, 0.3) is 11.2 Å². The van der Waals surface area contributed by atoms with Gasteiger partial charge >= 0.3 is 5.69 Å². The van der Waals surface area contributed by atoms with Crippen molar-refractivity contribution in [3.8, 4) is 0 Å². The molecule has 1 aromatic carbocycles. The first-order valence-electron chi connectivity index (χ1n) is 8.16. The number of nitrogens with one attached hydrogen (secondary N) is 1. The summed E-state index contributed by atoms with van der Waals surface area (Å²) in [7, 11) is 2.98. The quantitative estimate of drug-likeness (QED) is 0.698. The van der Waals surface area contributed by atoms with E-state index in [1.165, 1.54) is 17.9 Å². The van der Waals surface area contributed by atoms with Crippen molar-refractivity contribution in [3.63, 3.8) is 0 Å². The first-order chi connectivity index (χ1) is 12.8. The summed E-state index contributed by atoms with van der Waals surface area (Å²) in [4.78, 5) is 40.6. The number of amides is 1. The Morgan fingerprint density at radius 3 is 2.67 bits per heavy atom. The van der Waals surface area contributed by atoms with Gasteiger partial charge in [-0.3, -0.25) is 18.7 Å². The van der Waals surface area contributed by atoms with Crippen LogP contribution in [-0.4, -0.2) is 24.6 Å². The molecule has 0 saturated carbocycles. The van der Waals surface area contributed by atoms with Crippen LogP contribution in [0, 0.1) is 0 Å². The third-order valence-corrected chi connectivity index (χ3v) is 5.06. The Balaban J connectivity index is 1.71. The molecule has 1 N–H and O–H groups in total. The molecular formula is C17H17Cl2N5O3. The van der Waals surface area contributed by atoms with Crippen molar-refractivity contribution in [2.24, 2.45) is 14.1 Å². The van der Waals surface area contributed by atoms with Crippen LogP contribution < -0.4 is 16.6 Å². The van der Waals surface area contributed by atoms with Crippen molar-refractivity contribution in [1.82, 2.24) is 18.7 Å². The Bertz CT molecular complexity index is 1150. The summed E-state index contributed by atoms with van der Waals surface area (Å²) in [6.45, 7) is 0.403. The molecule has 3 rings (SSSR count). The number of halogens is 2. The smallest absolute Gasteiger partial charge is 0.325 e. The summed E-state index contributed by atoms with van der Waals surface area (Å²) in [6.07, 6.45) is 2.19. The number of anilines is 1. The number of carbonyl (C=O) groups excluding carboxylic acids is 1. The van der Waals surface area contributed by atoms with Gasteiger partial charge in [0.05, 0.1) is 22.1 Å². The second-order valence-electron chi connectivity index (χ2n) is 6.07. The zero-order valence-electron chi connectivity index (χ0n) is 14.7. The molecule has 10 heteroatoms. The molecule has 0 bridgehead atoms. The number of nitrogens with zero attached hydrogens (tertiary/aromatic N) is 4.